The summed E-state index contributed by atoms with van der Waals surface area (Å²) in [5.41, 5.74) is 4.40. The molecule has 3 aromatic rings. The van der Waals surface area contributed by atoms with Crippen LogP contribution in [0.3, 0.4) is 0 Å². The standard InChI is InChI=1S/C26H24N2O4/c1-15-7-8-21(32-4)20(13-15)24(29)22-23(18-6-5-9-27-14-18)28(26(31)25(22)30)19-11-16(2)10-17(3)12-19/h5-14,23,29H,1-4H3/b24-22+. The normalized spacial score (nSPS) is 17.6. The van der Waals surface area contributed by atoms with Gasteiger partial charge in [0, 0.05) is 18.1 Å². The number of ketones is 1. The van der Waals surface area contributed by atoms with Crippen molar-refractivity contribution >= 4 is 23.1 Å². The SMILES string of the molecule is COc1ccc(C)cc1/C(O)=C1\C(=O)C(=O)N(c2cc(C)cc(C)c2)C1c1cccnc1. The Morgan fingerprint density at radius 2 is 1.72 bits per heavy atom. The van der Waals surface area contributed by atoms with Crippen molar-refractivity contribution in [3.8, 4) is 5.75 Å². The van der Waals surface area contributed by atoms with E-state index in [1.165, 1.54) is 12.0 Å². The van der Waals surface area contributed by atoms with Crippen molar-refractivity contribution in [3.63, 3.8) is 0 Å². The molecule has 0 saturated carbocycles. The number of aliphatic hydroxyl groups excluding tert-OH is 1. The van der Waals surface area contributed by atoms with E-state index in [4.69, 9.17) is 4.74 Å². The number of hydrogen-bond donors (Lipinski definition) is 1. The predicted octanol–water partition coefficient (Wildman–Crippen LogP) is 4.64. The second kappa shape index (κ2) is 8.30. The molecule has 1 N–H and O–H groups in total. The van der Waals surface area contributed by atoms with Crippen LogP contribution < -0.4 is 9.64 Å². The van der Waals surface area contributed by atoms with Crippen LogP contribution in [0.4, 0.5) is 5.69 Å². The van der Waals surface area contributed by atoms with Crippen LogP contribution in [-0.4, -0.2) is 28.9 Å². The second-order valence-electron chi connectivity index (χ2n) is 8.01. The summed E-state index contributed by atoms with van der Waals surface area (Å²) in [6.45, 7) is 5.75. The van der Waals surface area contributed by atoms with Gasteiger partial charge in [-0.25, -0.2) is 0 Å². The molecule has 162 valence electrons. The second-order valence-corrected chi connectivity index (χ2v) is 8.01. The Hall–Kier alpha value is -3.93. The summed E-state index contributed by atoms with van der Waals surface area (Å²) in [6, 6.07) is 13.7. The fourth-order valence-electron chi connectivity index (χ4n) is 4.19. The van der Waals surface area contributed by atoms with Crippen LogP contribution in [-0.2, 0) is 9.59 Å². The number of ether oxygens (including phenoxy) is 1. The number of aromatic nitrogens is 1. The molecule has 2 heterocycles. The number of anilines is 1. The minimum absolute atomic E-state index is 0.00561. The number of aliphatic hydroxyl groups is 1. The van der Waals surface area contributed by atoms with Gasteiger partial charge in [0.25, 0.3) is 11.7 Å². The number of carbonyl (C=O) groups excluding carboxylic acids is 2. The molecule has 0 bridgehead atoms. The van der Waals surface area contributed by atoms with Crippen LogP contribution in [0.5, 0.6) is 5.75 Å². The predicted molar refractivity (Wildman–Crippen MR) is 123 cm³/mol. The van der Waals surface area contributed by atoms with E-state index >= 15 is 0 Å². The molecule has 0 spiro atoms. The molecule has 1 saturated heterocycles. The van der Waals surface area contributed by atoms with Crippen molar-refractivity contribution in [2.24, 2.45) is 0 Å². The van der Waals surface area contributed by atoms with E-state index in [0.29, 0.717) is 22.6 Å². The topological polar surface area (TPSA) is 79.7 Å². The Labute approximate surface area is 186 Å². The van der Waals surface area contributed by atoms with E-state index in [0.717, 1.165) is 16.7 Å². The minimum atomic E-state index is -0.824. The molecule has 4 rings (SSSR count). The van der Waals surface area contributed by atoms with Gasteiger partial charge in [-0.1, -0.05) is 23.8 Å². The fourth-order valence-corrected chi connectivity index (χ4v) is 4.19. The van der Waals surface area contributed by atoms with Gasteiger partial charge >= 0.3 is 0 Å². The molecule has 1 aliphatic rings. The number of aryl methyl sites for hydroxylation is 3. The van der Waals surface area contributed by atoms with E-state index in [2.05, 4.69) is 4.98 Å². The highest BCUT2D eigenvalue weighted by Crippen LogP contribution is 2.43. The first-order chi connectivity index (χ1) is 15.3. The molecule has 6 nitrogen and oxygen atoms in total. The Morgan fingerprint density at radius 3 is 2.34 bits per heavy atom. The number of Topliss-reactive ketones (excluding diaryl/α,β-unsaturated/α-hetero) is 1. The third kappa shape index (κ3) is 3.64. The average Bonchev–Trinajstić information content (AvgIpc) is 3.04. The molecule has 2 aromatic carbocycles. The Kier molecular flexibility index (Phi) is 5.53. The lowest BCUT2D eigenvalue weighted by atomic mass is 9.95. The molecule has 0 radical (unpaired) electrons. The van der Waals surface area contributed by atoms with E-state index < -0.39 is 17.7 Å². The van der Waals surface area contributed by atoms with Crippen LogP contribution >= 0.6 is 0 Å². The zero-order valence-electron chi connectivity index (χ0n) is 18.4. The smallest absolute Gasteiger partial charge is 0.300 e. The monoisotopic (exact) mass is 428 g/mol. The summed E-state index contributed by atoms with van der Waals surface area (Å²) in [6.07, 6.45) is 3.23. The third-order valence-electron chi connectivity index (χ3n) is 5.54. The molecular formula is C26H24N2O4. The number of methoxy groups -OCH3 is 1. The molecule has 1 fully saturated rings. The number of amides is 1. The molecule has 32 heavy (non-hydrogen) atoms. The van der Waals surface area contributed by atoms with Crippen molar-refractivity contribution in [2.45, 2.75) is 26.8 Å². The molecule has 1 amide bonds. The third-order valence-corrected chi connectivity index (χ3v) is 5.54. The Bertz CT molecular complexity index is 1230. The van der Waals surface area contributed by atoms with E-state index in [1.54, 1.807) is 36.7 Å². The van der Waals surface area contributed by atoms with Crippen LogP contribution in [0.1, 0.15) is 33.9 Å². The molecule has 6 heteroatoms. The van der Waals surface area contributed by atoms with Gasteiger partial charge < -0.3 is 9.84 Å². The number of nitrogens with zero attached hydrogens (tertiary/aromatic N) is 2. The average molecular weight is 428 g/mol. The van der Waals surface area contributed by atoms with Gasteiger partial charge in [0.15, 0.2) is 0 Å². The van der Waals surface area contributed by atoms with E-state index in [1.807, 2.05) is 45.0 Å². The van der Waals surface area contributed by atoms with Gasteiger partial charge in [0.2, 0.25) is 0 Å². The summed E-state index contributed by atoms with van der Waals surface area (Å²) < 4.78 is 5.41. The number of rotatable bonds is 4. The summed E-state index contributed by atoms with van der Waals surface area (Å²) >= 11 is 0. The molecule has 1 aromatic heterocycles. The van der Waals surface area contributed by atoms with Gasteiger partial charge in [-0.3, -0.25) is 19.5 Å². The molecular weight excluding hydrogens is 404 g/mol. The highest BCUT2D eigenvalue weighted by molar-refractivity contribution is 6.51. The molecule has 0 aliphatic carbocycles. The number of benzene rings is 2. The van der Waals surface area contributed by atoms with Crippen molar-refractivity contribution in [2.75, 3.05) is 12.0 Å². The largest absolute Gasteiger partial charge is 0.507 e. The van der Waals surface area contributed by atoms with Gasteiger partial charge in [0.05, 0.1) is 24.3 Å². The van der Waals surface area contributed by atoms with Crippen molar-refractivity contribution in [1.29, 1.82) is 0 Å². The number of pyridine rings is 1. The summed E-state index contributed by atoms with van der Waals surface area (Å²) in [4.78, 5) is 32.1. The molecule has 1 unspecified atom stereocenters. The number of hydrogen-bond acceptors (Lipinski definition) is 5. The quantitative estimate of drug-likeness (QED) is 0.372. The fraction of sp³-hybridized carbons (Fsp3) is 0.192. The van der Waals surface area contributed by atoms with Crippen LogP contribution in [0, 0.1) is 20.8 Å². The first-order valence-corrected chi connectivity index (χ1v) is 10.3. The first-order valence-electron chi connectivity index (χ1n) is 10.3. The van der Waals surface area contributed by atoms with Crippen LogP contribution in [0.25, 0.3) is 5.76 Å². The maximum atomic E-state index is 13.3. The van der Waals surface area contributed by atoms with Gasteiger partial charge in [-0.15, -0.1) is 0 Å². The minimum Gasteiger partial charge on any atom is -0.507 e. The number of carbonyl (C=O) groups is 2. The highest BCUT2D eigenvalue weighted by Gasteiger charge is 2.47. The lowest BCUT2D eigenvalue weighted by Crippen LogP contribution is -2.29. The lowest BCUT2D eigenvalue weighted by molar-refractivity contribution is -0.132. The maximum Gasteiger partial charge on any atom is 0.300 e. The van der Waals surface area contributed by atoms with Crippen molar-refractivity contribution in [3.05, 3.63) is 94.3 Å². The summed E-state index contributed by atoms with van der Waals surface area (Å²) in [5.74, 6) is -1.31. The Balaban J connectivity index is 2.00. The van der Waals surface area contributed by atoms with Gasteiger partial charge in [0.1, 0.15) is 11.5 Å². The van der Waals surface area contributed by atoms with Crippen LogP contribution in [0.15, 0.2) is 66.5 Å². The Morgan fingerprint density at radius 1 is 1.00 bits per heavy atom. The highest BCUT2D eigenvalue weighted by atomic mass is 16.5. The molecule has 1 atom stereocenters. The lowest BCUT2D eigenvalue weighted by Gasteiger charge is -2.26. The molecule has 1 aliphatic heterocycles. The van der Waals surface area contributed by atoms with E-state index in [-0.39, 0.29) is 11.3 Å². The van der Waals surface area contributed by atoms with E-state index in [9.17, 15) is 14.7 Å². The summed E-state index contributed by atoms with van der Waals surface area (Å²) in [5, 5.41) is 11.3. The zero-order valence-corrected chi connectivity index (χ0v) is 18.4. The summed E-state index contributed by atoms with van der Waals surface area (Å²) in [7, 11) is 1.49. The first kappa shape index (κ1) is 21.3. The van der Waals surface area contributed by atoms with Crippen molar-refractivity contribution < 1.29 is 19.4 Å². The zero-order chi connectivity index (χ0) is 23.0. The maximum absolute atomic E-state index is 13.3. The van der Waals surface area contributed by atoms with Crippen molar-refractivity contribution in [1.82, 2.24) is 4.98 Å². The van der Waals surface area contributed by atoms with Gasteiger partial charge in [-0.2, -0.15) is 0 Å². The van der Waals surface area contributed by atoms with Crippen LogP contribution in [0.2, 0.25) is 0 Å². The van der Waals surface area contributed by atoms with Gasteiger partial charge in [-0.05, 0) is 67.8 Å².